The zero-order valence-electron chi connectivity index (χ0n) is 16.7. The Morgan fingerprint density at radius 3 is 2.15 bits per heavy atom. The van der Waals surface area contributed by atoms with Crippen LogP contribution in [0.3, 0.4) is 0 Å². The van der Waals surface area contributed by atoms with Gasteiger partial charge in [-0.05, 0) is 86.6 Å². The third kappa shape index (κ3) is 6.78. The number of carbonyl (C=O) groups is 1. The molecule has 0 saturated heterocycles. The third-order valence-electron chi connectivity index (χ3n) is 4.76. The van der Waals surface area contributed by atoms with Crippen molar-refractivity contribution in [3.63, 3.8) is 0 Å². The van der Waals surface area contributed by atoms with Crippen molar-refractivity contribution in [2.24, 2.45) is 0 Å². The molecule has 0 aliphatic rings. The van der Waals surface area contributed by atoms with E-state index in [0.717, 1.165) is 12.2 Å². The molecular weight excluding hydrogens is 366 g/mol. The zero-order valence-corrected chi connectivity index (χ0v) is 18.3. The third-order valence-corrected chi connectivity index (χ3v) is 5.97. The smallest absolute Gasteiger partial charge is 0.248 e. The molecular formula is C19H31N3O2S2. The average Bonchev–Trinajstić information content (AvgIpc) is 2.63. The van der Waals surface area contributed by atoms with Gasteiger partial charge in [-0.25, -0.2) is 0 Å². The summed E-state index contributed by atoms with van der Waals surface area (Å²) in [4.78, 5) is 12.0. The van der Waals surface area contributed by atoms with Gasteiger partial charge in [0.05, 0.1) is 5.75 Å². The lowest BCUT2D eigenvalue weighted by molar-refractivity contribution is -0.119. The Balaban J connectivity index is 2.40. The minimum Gasteiger partial charge on any atom is -0.385 e. The highest BCUT2D eigenvalue weighted by atomic mass is 32.2. The lowest BCUT2D eigenvalue weighted by Crippen LogP contribution is -2.47. The summed E-state index contributed by atoms with van der Waals surface area (Å²) in [6.07, 6.45) is 0.857. The Hall–Kier alpha value is -1.31. The van der Waals surface area contributed by atoms with Crippen molar-refractivity contribution < 1.29 is 9.53 Å². The molecule has 0 heterocycles. The normalized spacial score (nSPS) is 10.5. The van der Waals surface area contributed by atoms with Crippen LogP contribution in [0.5, 0.6) is 0 Å². The van der Waals surface area contributed by atoms with Crippen LogP contribution in [0.1, 0.15) is 39.8 Å². The van der Waals surface area contributed by atoms with Gasteiger partial charge in [-0.2, -0.15) is 0 Å². The number of amides is 1. The molecule has 0 bridgehead atoms. The van der Waals surface area contributed by atoms with Gasteiger partial charge in [0, 0.05) is 26.0 Å². The van der Waals surface area contributed by atoms with Crippen LogP contribution in [0.2, 0.25) is 0 Å². The van der Waals surface area contributed by atoms with E-state index in [1.54, 1.807) is 18.9 Å². The number of nitrogens with one attached hydrogen (secondary N) is 3. The first kappa shape index (κ1) is 22.7. The van der Waals surface area contributed by atoms with Crippen LogP contribution in [0, 0.1) is 34.6 Å². The van der Waals surface area contributed by atoms with E-state index in [2.05, 4.69) is 50.8 Å². The minimum absolute atomic E-state index is 0.0908. The standard InChI is InChI=1S/C19H31N3O2S2/c1-12-13(2)15(4)17(16(5)14(12)3)10-26-11-18(23)21-22-19(25)20-8-7-9-24-6/h7-11H2,1-6H3,(H,21,23)(H2,20,22,25). The number of rotatable bonds is 8. The summed E-state index contributed by atoms with van der Waals surface area (Å²) in [7, 11) is 1.66. The number of carbonyl (C=O) groups excluding carboxylic acids is 1. The molecule has 0 spiro atoms. The van der Waals surface area contributed by atoms with Gasteiger partial charge in [-0.1, -0.05) is 0 Å². The molecule has 0 radical (unpaired) electrons. The molecule has 0 atom stereocenters. The minimum atomic E-state index is -0.0908. The quantitative estimate of drug-likeness (QED) is 0.356. The van der Waals surface area contributed by atoms with Crippen molar-refractivity contribution in [1.82, 2.24) is 16.2 Å². The Labute approximate surface area is 167 Å². The molecule has 1 aromatic carbocycles. The molecule has 3 N–H and O–H groups in total. The maximum Gasteiger partial charge on any atom is 0.248 e. The van der Waals surface area contributed by atoms with Crippen LogP contribution in [0.4, 0.5) is 0 Å². The van der Waals surface area contributed by atoms with Crippen LogP contribution < -0.4 is 16.2 Å². The summed E-state index contributed by atoms with van der Waals surface area (Å²) in [5, 5.41) is 3.42. The van der Waals surface area contributed by atoms with Crippen molar-refractivity contribution in [2.75, 3.05) is 26.0 Å². The summed E-state index contributed by atoms with van der Waals surface area (Å²) in [5.41, 5.74) is 13.4. The van der Waals surface area contributed by atoms with Crippen LogP contribution in [0.25, 0.3) is 0 Å². The van der Waals surface area contributed by atoms with E-state index in [9.17, 15) is 4.79 Å². The molecule has 0 unspecified atom stereocenters. The number of thioether (sulfide) groups is 1. The topological polar surface area (TPSA) is 62.4 Å². The van der Waals surface area contributed by atoms with E-state index in [1.165, 1.54) is 33.4 Å². The summed E-state index contributed by atoms with van der Waals surface area (Å²) >= 11 is 6.71. The molecule has 0 fully saturated rings. The van der Waals surface area contributed by atoms with E-state index in [-0.39, 0.29) is 5.91 Å². The van der Waals surface area contributed by atoms with Gasteiger partial charge in [-0.3, -0.25) is 15.6 Å². The number of hydrogen-bond donors (Lipinski definition) is 3. The maximum absolute atomic E-state index is 12.0. The fourth-order valence-corrected chi connectivity index (χ4v) is 3.81. The molecule has 7 heteroatoms. The fourth-order valence-electron chi connectivity index (χ4n) is 2.67. The number of methoxy groups -OCH3 is 1. The molecule has 0 aliphatic heterocycles. The highest BCUT2D eigenvalue weighted by Gasteiger charge is 2.12. The summed E-state index contributed by atoms with van der Waals surface area (Å²) in [6, 6.07) is 0. The molecule has 0 aromatic heterocycles. The van der Waals surface area contributed by atoms with Crippen LogP contribution in [-0.4, -0.2) is 37.0 Å². The number of ether oxygens (including phenoxy) is 1. The summed E-state index contributed by atoms with van der Waals surface area (Å²) < 4.78 is 4.96. The zero-order chi connectivity index (χ0) is 19.7. The van der Waals surface area contributed by atoms with Crippen molar-refractivity contribution in [3.8, 4) is 0 Å². The van der Waals surface area contributed by atoms with Gasteiger partial charge >= 0.3 is 0 Å². The number of hydrazine groups is 1. The predicted molar refractivity (Wildman–Crippen MR) is 115 cm³/mol. The first-order chi connectivity index (χ1) is 12.3. The number of hydrogen-bond acceptors (Lipinski definition) is 4. The Morgan fingerprint density at radius 1 is 1.00 bits per heavy atom. The second-order valence-electron chi connectivity index (χ2n) is 6.37. The highest BCUT2D eigenvalue weighted by molar-refractivity contribution is 7.99. The predicted octanol–water partition coefficient (Wildman–Crippen LogP) is 2.99. The molecule has 1 rings (SSSR count). The lowest BCUT2D eigenvalue weighted by Gasteiger charge is -2.18. The Morgan fingerprint density at radius 2 is 1.58 bits per heavy atom. The first-order valence-electron chi connectivity index (χ1n) is 8.74. The van der Waals surface area contributed by atoms with Gasteiger partial charge < -0.3 is 10.1 Å². The van der Waals surface area contributed by atoms with Crippen LogP contribution >= 0.6 is 24.0 Å². The monoisotopic (exact) mass is 397 g/mol. The summed E-state index contributed by atoms with van der Waals surface area (Å²) in [5.74, 6) is 1.11. The number of thiocarbonyl (C=S) groups is 1. The molecule has 0 saturated carbocycles. The lowest BCUT2D eigenvalue weighted by atomic mass is 9.90. The van der Waals surface area contributed by atoms with E-state index < -0.39 is 0 Å². The van der Waals surface area contributed by atoms with Crippen LogP contribution in [0.15, 0.2) is 0 Å². The van der Waals surface area contributed by atoms with Crippen molar-refractivity contribution in [3.05, 3.63) is 33.4 Å². The van der Waals surface area contributed by atoms with Crippen LogP contribution in [-0.2, 0) is 15.3 Å². The highest BCUT2D eigenvalue weighted by Crippen LogP contribution is 2.28. The summed E-state index contributed by atoms with van der Waals surface area (Å²) in [6.45, 7) is 12.2. The molecule has 1 amide bonds. The Bertz CT molecular complexity index is 619. The molecule has 5 nitrogen and oxygen atoms in total. The molecule has 146 valence electrons. The average molecular weight is 398 g/mol. The fraction of sp³-hybridized carbons (Fsp3) is 0.579. The maximum atomic E-state index is 12.0. The van der Waals surface area contributed by atoms with Gasteiger partial charge in [0.15, 0.2) is 5.11 Å². The van der Waals surface area contributed by atoms with Crippen molar-refractivity contribution >= 4 is 35.0 Å². The van der Waals surface area contributed by atoms with Crippen molar-refractivity contribution in [2.45, 2.75) is 46.8 Å². The number of benzene rings is 1. The first-order valence-corrected chi connectivity index (χ1v) is 10.3. The molecule has 1 aromatic rings. The van der Waals surface area contributed by atoms with Gasteiger partial charge in [0.25, 0.3) is 0 Å². The van der Waals surface area contributed by atoms with Gasteiger partial charge in [0.1, 0.15) is 0 Å². The van der Waals surface area contributed by atoms with Crippen molar-refractivity contribution in [1.29, 1.82) is 0 Å². The van der Waals surface area contributed by atoms with Gasteiger partial charge in [-0.15, -0.1) is 11.8 Å². The molecule has 26 heavy (non-hydrogen) atoms. The van der Waals surface area contributed by atoms with E-state index in [4.69, 9.17) is 17.0 Å². The van der Waals surface area contributed by atoms with E-state index in [1.807, 2.05) is 0 Å². The Kier molecular flexibility index (Phi) is 9.98. The largest absolute Gasteiger partial charge is 0.385 e. The second-order valence-corrected chi connectivity index (χ2v) is 7.77. The van der Waals surface area contributed by atoms with E-state index >= 15 is 0 Å². The molecule has 0 aliphatic carbocycles. The SMILES string of the molecule is COCCCNC(=S)NNC(=O)CSCc1c(C)c(C)c(C)c(C)c1C. The van der Waals surface area contributed by atoms with E-state index in [0.29, 0.717) is 24.0 Å². The second kappa shape index (κ2) is 11.4. The van der Waals surface area contributed by atoms with Gasteiger partial charge in [0.2, 0.25) is 5.91 Å².